The molecule has 4 bridgehead atoms. The molecule has 7 nitrogen and oxygen atoms in total. The lowest BCUT2D eigenvalue weighted by atomic mass is 9.77. The summed E-state index contributed by atoms with van der Waals surface area (Å²) in [5.74, 6) is -1.62. The van der Waals surface area contributed by atoms with E-state index in [1.165, 1.54) is 30.5 Å². The first-order chi connectivity index (χ1) is 15.0. The zero-order chi connectivity index (χ0) is 23.6. The number of oxime groups is 1. The Balaban J connectivity index is 0.000000312. The van der Waals surface area contributed by atoms with E-state index in [1.54, 1.807) is 0 Å². The Kier molecular flexibility index (Phi) is 7.53. The van der Waals surface area contributed by atoms with Gasteiger partial charge < -0.3 is 15.1 Å². The lowest BCUT2D eigenvalue weighted by Crippen LogP contribution is -2.40. The summed E-state index contributed by atoms with van der Waals surface area (Å²) in [6.07, 6.45) is 4.85. The van der Waals surface area contributed by atoms with Gasteiger partial charge in [0.25, 0.3) is 0 Å². The van der Waals surface area contributed by atoms with Gasteiger partial charge in [-0.25, -0.2) is 9.59 Å². The third kappa shape index (κ3) is 5.82. The summed E-state index contributed by atoms with van der Waals surface area (Å²) < 4.78 is 0. The van der Waals surface area contributed by atoms with E-state index in [-0.39, 0.29) is 5.60 Å². The maximum Gasteiger partial charge on any atom is 0.328 e. The van der Waals surface area contributed by atoms with Gasteiger partial charge in [-0.1, -0.05) is 34.4 Å². The Morgan fingerprint density at radius 1 is 1.12 bits per heavy atom. The second kappa shape index (κ2) is 9.81. The summed E-state index contributed by atoms with van der Waals surface area (Å²) in [6.45, 7) is 7.08. The number of carboxylic acids is 2. The summed E-state index contributed by atoms with van der Waals surface area (Å²) in [5, 5.41) is 21.5. The molecule has 1 unspecified atom stereocenters. The predicted molar refractivity (Wildman–Crippen MR) is 124 cm³/mol. The molecule has 5 atom stereocenters. The fourth-order valence-electron chi connectivity index (χ4n) is 4.82. The van der Waals surface area contributed by atoms with Crippen molar-refractivity contribution < 1.29 is 24.6 Å². The lowest BCUT2D eigenvalue weighted by Gasteiger charge is -2.37. The van der Waals surface area contributed by atoms with Gasteiger partial charge in [0.15, 0.2) is 0 Å². The van der Waals surface area contributed by atoms with E-state index in [0.717, 1.165) is 6.54 Å². The Bertz CT molecular complexity index is 925. The second-order valence-electron chi connectivity index (χ2n) is 9.31. The molecular formula is C23H28Cl2N2O5. The van der Waals surface area contributed by atoms with Crippen molar-refractivity contribution in [2.45, 2.75) is 63.6 Å². The molecule has 2 N–H and O–H groups in total. The van der Waals surface area contributed by atoms with Crippen LogP contribution in [0, 0.1) is 5.92 Å². The standard InChI is InChI=1S/C19H24Cl2N2O.C4H4O4/c1-19(2,3)24-22-16-10-23-12-5-7-17(23)18(16)13(9-12)11-4-6-14(20)15(21)8-11;5-3(6)1-2-4(7)8/h4,6,8,12-13,17-18H,5,7,9-10H2,1-3H3;1-2H,(H,5,6)(H,7,8)/b;2-1+/t12-,13+,17+,18-;/m0./s1. The Morgan fingerprint density at radius 3 is 2.34 bits per heavy atom. The van der Waals surface area contributed by atoms with Gasteiger partial charge in [-0.05, 0) is 63.6 Å². The molecule has 4 rings (SSSR count). The molecule has 0 saturated carbocycles. The Morgan fingerprint density at radius 2 is 1.78 bits per heavy atom. The largest absolute Gasteiger partial charge is 0.478 e. The monoisotopic (exact) mass is 482 g/mol. The SMILES string of the molecule is CC(C)(C)ON=C1CN2[C@H]3CC[C@@H]2[C@H]1[C@@H](c1ccc(Cl)c(Cl)c1)C3.O=C(O)/C=C/C(=O)O. The van der Waals surface area contributed by atoms with Crippen LogP contribution >= 0.6 is 23.2 Å². The number of rotatable bonds is 4. The molecule has 9 heteroatoms. The number of carboxylic acid groups (broad SMARTS) is 2. The summed E-state index contributed by atoms with van der Waals surface area (Å²) in [6, 6.07) is 7.36. The van der Waals surface area contributed by atoms with Crippen molar-refractivity contribution in [3.63, 3.8) is 0 Å². The van der Waals surface area contributed by atoms with Crippen molar-refractivity contribution in [1.29, 1.82) is 0 Å². The highest BCUT2D eigenvalue weighted by atomic mass is 35.5. The van der Waals surface area contributed by atoms with Crippen molar-refractivity contribution in [3.8, 4) is 0 Å². The molecule has 0 spiro atoms. The Hall–Kier alpha value is -2.09. The van der Waals surface area contributed by atoms with Crippen molar-refractivity contribution in [1.82, 2.24) is 4.90 Å². The molecule has 174 valence electrons. The third-order valence-electron chi connectivity index (χ3n) is 5.97. The van der Waals surface area contributed by atoms with Crippen LogP contribution in [0.2, 0.25) is 10.0 Å². The molecule has 3 heterocycles. The summed E-state index contributed by atoms with van der Waals surface area (Å²) >= 11 is 12.4. The molecule has 1 aromatic carbocycles. The molecule has 32 heavy (non-hydrogen) atoms. The smallest absolute Gasteiger partial charge is 0.328 e. The number of carbonyl (C=O) groups is 2. The van der Waals surface area contributed by atoms with Crippen molar-refractivity contribution in [2.24, 2.45) is 11.1 Å². The first-order valence-corrected chi connectivity index (χ1v) is 11.3. The van der Waals surface area contributed by atoms with Crippen molar-refractivity contribution in [2.75, 3.05) is 6.54 Å². The maximum absolute atomic E-state index is 9.55. The van der Waals surface area contributed by atoms with Crippen LogP contribution < -0.4 is 0 Å². The van der Waals surface area contributed by atoms with Crippen LogP contribution in [0.5, 0.6) is 0 Å². The molecule has 1 aromatic rings. The molecule has 0 aliphatic carbocycles. The quantitative estimate of drug-likeness (QED) is 0.470. The summed E-state index contributed by atoms with van der Waals surface area (Å²) in [5.41, 5.74) is 2.24. The zero-order valence-electron chi connectivity index (χ0n) is 18.3. The van der Waals surface area contributed by atoms with Gasteiger partial charge in [0.1, 0.15) is 5.60 Å². The van der Waals surface area contributed by atoms with E-state index >= 15 is 0 Å². The van der Waals surface area contributed by atoms with E-state index in [1.807, 2.05) is 32.9 Å². The van der Waals surface area contributed by atoms with Gasteiger partial charge in [-0.3, -0.25) is 4.90 Å². The minimum atomic E-state index is -1.26. The Labute approximate surface area is 197 Å². The fraction of sp³-hybridized carbons (Fsp3) is 0.522. The summed E-state index contributed by atoms with van der Waals surface area (Å²) in [4.78, 5) is 27.5. The molecule has 0 aromatic heterocycles. The number of hydrogen-bond acceptors (Lipinski definition) is 5. The highest BCUT2D eigenvalue weighted by Gasteiger charge is 2.54. The van der Waals surface area contributed by atoms with Crippen LogP contribution in [0.3, 0.4) is 0 Å². The highest BCUT2D eigenvalue weighted by Crippen LogP contribution is 2.51. The van der Waals surface area contributed by atoms with Crippen LogP contribution in [0.1, 0.15) is 51.5 Å². The van der Waals surface area contributed by atoms with Gasteiger partial charge in [-0.15, -0.1) is 0 Å². The van der Waals surface area contributed by atoms with Gasteiger partial charge in [-0.2, -0.15) is 0 Å². The van der Waals surface area contributed by atoms with Crippen molar-refractivity contribution >= 4 is 40.9 Å². The maximum atomic E-state index is 9.55. The molecule has 0 radical (unpaired) electrons. The number of halogens is 2. The number of piperidine rings is 1. The number of hydrogen-bond donors (Lipinski definition) is 2. The van der Waals surface area contributed by atoms with Crippen LogP contribution in [0.15, 0.2) is 35.5 Å². The van der Waals surface area contributed by atoms with Gasteiger partial charge >= 0.3 is 11.9 Å². The van der Waals surface area contributed by atoms with Crippen LogP contribution in [-0.2, 0) is 14.4 Å². The molecule has 3 fully saturated rings. The minimum absolute atomic E-state index is 0.253. The van der Waals surface area contributed by atoms with Crippen LogP contribution in [-0.4, -0.2) is 57.0 Å². The van der Waals surface area contributed by atoms with E-state index in [9.17, 15) is 9.59 Å². The van der Waals surface area contributed by atoms with E-state index in [2.05, 4.69) is 16.1 Å². The highest BCUT2D eigenvalue weighted by molar-refractivity contribution is 6.42. The average Bonchev–Trinajstić information content (AvgIpc) is 3.12. The molecular weight excluding hydrogens is 455 g/mol. The lowest BCUT2D eigenvalue weighted by molar-refractivity contribution is -0.134. The normalized spacial score (nSPS) is 29.7. The van der Waals surface area contributed by atoms with Crippen LogP contribution in [0.25, 0.3) is 0 Å². The van der Waals surface area contributed by atoms with E-state index in [0.29, 0.717) is 46.1 Å². The number of nitrogens with zero attached hydrogens (tertiary/aromatic N) is 2. The van der Waals surface area contributed by atoms with E-state index < -0.39 is 11.9 Å². The molecule has 3 saturated heterocycles. The van der Waals surface area contributed by atoms with Gasteiger partial charge in [0.2, 0.25) is 0 Å². The number of benzene rings is 1. The topological polar surface area (TPSA) is 99.4 Å². The van der Waals surface area contributed by atoms with Gasteiger partial charge in [0, 0.05) is 36.7 Å². The van der Waals surface area contributed by atoms with Crippen molar-refractivity contribution in [3.05, 3.63) is 46.0 Å². The molecule has 3 aliphatic rings. The van der Waals surface area contributed by atoms with Gasteiger partial charge in [0.05, 0.1) is 15.8 Å². The average molecular weight is 483 g/mol. The molecule has 0 amide bonds. The minimum Gasteiger partial charge on any atom is -0.478 e. The first kappa shape index (κ1) is 24.6. The second-order valence-corrected chi connectivity index (χ2v) is 10.1. The third-order valence-corrected chi connectivity index (χ3v) is 6.71. The fourth-order valence-corrected chi connectivity index (χ4v) is 5.13. The number of aliphatic carboxylic acids is 2. The zero-order valence-corrected chi connectivity index (χ0v) is 19.8. The predicted octanol–water partition coefficient (Wildman–Crippen LogP) is 4.83. The van der Waals surface area contributed by atoms with Crippen LogP contribution in [0.4, 0.5) is 0 Å². The first-order valence-electron chi connectivity index (χ1n) is 10.6. The molecule has 3 aliphatic heterocycles. The van der Waals surface area contributed by atoms with E-state index in [4.69, 9.17) is 38.3 Å². The summed E-state index contributed by atoms with van der Waals surface area (Å²) in [7, 11) is 0.